The molecule has 1 amide bonds. The zero-order valence-corrected chi connectivity index (χ0v) is 13.6. The molecule has 2 aromatic rings. The SMILES string of the molecule is Cc1cc2cc(C(=O)N3CCCC(C(C)N)C3)oc2cc1C. The molecule has 2 heterocycles. The van der Waals surface area contributed by atoms with Crippen molar-refractivity contribution in [1.82, 2.24) is 4.90 Å². The molecule has 2 N–H and O–H groups in total. The largest absolute Gasteiger partial charge is 0.451 e. The first kappa shape index (κ1) is 15.1. The summed E-state index contributed by atoms with van der Waals surface area (Å²) >= 11 is 0. The molecule has 118 valence electrons. The summed E-state index contributed by atoms with van der Waals surface area (Å²) in [5, 5.41) is 0.993. The number of piperidine rings is 1. The maximum absolute atomic E-state index is 12.7. The number of nitrogens with zero attached hydrogens (tertiary/aromatic N) is 1. The van der Waals surface area contributed by atoms with Gasteiger partial charge < -0.3 is 15.1 Å². The molecule has 4 nitrogen and oxygen atoms in total. The number of amides is 1. The standard InChI is InChI=1S/C18H24N2O2/c1-11-7-15-9-17(22-16(15)8-12(11)2)18(21)20-6-4-5-14(10-20)13(3)19/h7-9,13-14H,4-6,10,19H2,1-3H3. The number of carbonyl (C=O) groups is 1. The summed E-state index contributed by atoms with van der Waals surface area (Å²) in [4.78, 5) is 14.6. The molecule has 1 aromatic heterocycles. The van der Waals surface area contributed by atoms with E-state index in [1.165, 1.54) is 11.1 Å². The molecular formula is C18H24N2O2. The molecule has 0 aliphatic carbocycles. The number of likely N-dealkylation sites (tertiary alicyclic amines) is 1. The topological polar surface area (TPSA) is 59.5 Å². The monoisotopic (exact) mass is 300 g/mol. The van der Waals surface area contributed by atoms with Crippen LogP contribution in [0.15, 0.2) is 22.6 Å². The Labute approximate surface area is 131 Å². The predicted molar refractivity (Wildman–Crippen MR) is 88.0 cm³/mol. The number of rotatable bonds is 2. The van der Waals surface area contributed by atoms with E-state index in [1.807, 2.05) is 24.0 Å². The lowest BCUT2D eigenvalue weighted by Gasteiger charge is -2.34. The summed E-state index contributed by atoms with van der Waals surface area (Å²) in [6.07, 6.45) is 2.11. The summed E-state index contributed by atoms with van der Waals surface area (Å²) in [6.45, 7) is 7.66. The smallest absolute Gasteiger partial charge is 0.289 e. The lowest BCUT2D eigenvalue weighted by atomic mass is 9.92. The minimum atomic E-state index is -0.0168. The first-order chi connectivity index (χ1) is 10.5. The van der Waals surface area contributed by atoms with Crippen LogP contribution in [0.25, 0.3) is 11.0 Å². The van der Waals surface area contributed by atoms with Crippen LogP contribution in [0.3, 0.4) is 0 Å². The second-order valence-corrected chi connectivity index (χ2v) is 6.60. The van der Waals surface area contributed by atoms with E-state index >= 15 is 0 Å². The molecule has 0 bridgehead atoms. The van der Waals surface area contributed by atoms with E-state index in [0.717, 1.165) is 36.9 Å². The number of hydrogen-bond donors (Lipinski definition) is 1. The van der Waals surface area contributed by atoms with Crippen LogP contribution in [-0.4, -0.2) is 29.9 Å². The Morgan fingerprint density at radius 3 is 2.77 bits per heavy atom. The molecule has 1 aliphatic rings. The number of fused-ring (bicyclic) bond motifs is 1. The van der Waals surface area contributed by atoms with E-state index in [1.54, 1.807) is 0 Å². The van der Waals surface area contributed by atoms with Gasteiger partial charge in [-0.25, -0.2) is 0 Å². The van der Waals surface area contributed by atoms with Gasteiger partial charge in [-0.15, -0.1) is 0 Å². The number of carbonyl (C=O) groups excluding carboxylic acids is 1. The Hall–Kier alpha value is -1.81. The Balaban J connectivity index is 1.85. The summed E-state index contributed by atoms with van der Waals surface area (Å²) in [7, 11) is 0. The second-order valence-electron chi connectivity index (χ2n) is 6.60. The van der Waals surface area contributed by atoms with Crippen molar-refractivity contribution in [2.24, 2.45) is 11.7 Å². The molecule has 1 saturated heterocycles. The third kappa shape index (κ3) is 2.75. The minimum absolute atomic E-state index is 0.0168. The van der Waals surface area contributed by atoms with Crippen LogP contribution in [0.1, 0.15) is 41.4 Å². The van der Waals surface area contributed by atoms with Crippen LogP contribution in [-0.2, 0) is 0 Å². The van der Waals surface area contributed by atoms with Crippen molar-refractivity contribution in [2.75, 3.05) is 13.1 Å². The fourth-order valence-corrected chi connectivity index (χ4v) is 3.19. The van der Waals surface area contributed by atoms with Crippen LogP contribution in [0.2, 0.25) is 0 Å². The average molecular weight is 300 g/mol. The van der Waals surface area contributed by atoms with Crippen molar-refractivity contribution in [2.45, 2.75) is 39.7 Å². The average Bonchev–Trinajstić information content (AvgIpc) is 2.89. The number of nitrogens with two attached hydrogens (primary N) is 1. The molecular weight excluding hydrogens is 276 g/mol. The molecule has 1 fully saturated rings. The molecule has 3 rings (SSSR count). The second kappa shape index (κ2) is 5.76. The maximum atomic E-state index is 12.7. The first-order valence-electron chi connectivity index (χ1n) is 8.01. The van der Waals surface area contributed by atoms with Crippen LogP contribution < -0.4 is 5.73 Å². The highest BCUT2D eigenvalue weighted by atomic mass is 16.3. The van der Waals surface area contributed by atoms with E-state index in [-0.39, 0.29) is 11.9 Å². The third-order valence-corrected chi connectivity index (χ3v) is 4.83. The molecule has 0 spiro atoms. The fraction of sp³-hybridized carbons (Fsp3) is 0.500. The molecule has 22 heavy (non-hydrogen) atoms. The third-order valence-electron chi connectivity index (χ3n) is 4.83. The zero-order chi connectivity index (χ0) is 15.9. The summed E-state index contributed by atoms with van der Waals surface area (Å²) in [6, 6.07) is 6.06. The van der Waals surface area contributed by atoms with Gasteiger partial charge in [-0.05, 0) is 68.9 Å². The Bertz CT molecular complexity index is 663. The van der Waals surface area contributed by atoms with Crippen molar-refractivity contribution in [1.29, 1.82) is 0 Å². The van der Waals surface area contributed by atoms with Crippen molar-refractivity contribution in [3.05, 3.63) is 35.1 Å². The number of aryl methyl sites for hydroxylation is 2. The minimum Gasteiger partial charge on any atom is -0.451 e. The summed E-state index contributed by atoms with van der Waals surface area (Å²) in [5.74, 6) is 0.800. The zero-order valence-electron chi connectivity index (χ0n) is 13.6. The van der Waals surface area contributed by atoms with Crippen LogP contribution in [0.5, 0.6) is 0 Å². The fourth-order valence-electron chi connectivity index (χ4n) is 3.19. The number of furan rings is 1. The molecule has 0 radical (unpaired) electrons. The van der Waals surface area contributed by atoms with Crippen molar-refractivity contribution in [3.8, 4) is 0 Å². The van der Waals surface area contributed by atoms with Crippen LogP contribution >= 0.6 is 0 Å². The van der Waals surface area contributed by atoms with Crippen LogP contribution in [0, 0.1) is 19.8 Å². The van der Waals surface area contributed by atoms with Gasteiger partial charge in [0.25, 0.3) is 5.91 Å². The molecule has 0 saturated carbocycles. The molecule has 4 heteroatoms. The number of hydrogen-bond acceptors (Lipinski definition) is 3. The Kier molecular flexibility index (Phi) is 3.96. The van der Waals surface area contributed by atoms with Crippen LogP contribution in [0.4, 0.5) is 0 Å². The van der Waals surface area contributed by atoms with Gasteiger partial charge in [0.1, 0.15) is 5.58 Å². The highest BCUT2D eigenvalue weighted by Crippen LogP contribution is 2.26. The summed E-state index contributed by atoms with van der Waals surface area (Å²) in [5.41, 5.74) is 9.17. The van der Waals surface area contributed by atoms with Crippen molar-refractivity contribution < 1.29 is 9.21 Å². The first-order valence-corrected chi connectivity index (χ1v) is 8.01. The van der Waals surface area contributed by atoms with Gasteiger partial charge in [-0.1, -0.05) is 0 Å². The lowest BCUT2D eigenvalue weighted by Crippen LogP contribution is -2.44. The van der Waals surface area contributed by atoms with Gasteiger partial charge in [-0.3, -0.25) is 4.79 Å². The van der Waals surface area contributed by atoms with Gasteiger partial charge in [-0.2, -0.15) is 0 Å². The van der Waals surface area contributed by atoms with Gasteiger partial charge in [0.2, 0.25) is 0 Å². The molecule has 2 atom stereocenters. The predicted octanol–water partition coefficient (Wildman–Crippen LogP) is 3.25. The highest BCUT2D eigenvalue weighted by Gasteiger charge is 2.28. The van der Waals surface area contributed by atoms with Gasteiger partial charge in [0.15, 0.2) is 5.76 Å². The van der Waals surface area contributed by atoms with Crippen molar-refractivity contribution in [3.63, 3.8) is 0 Å². The van der Waals surface area contributed by atoms with E-state index in [2.05, 4.69) is 19.9 Å². The Morgan fingerprint density at radius 1 is 1.32 bits per heavy atom. The molecule has 1 aliphatic heterocycles. The highest BCUT2D eigenvalue weighted by molar-refractivity contribution is 5.96. The van der Waals surface area contributed by atoms with E-state index < -0.39 is 0 Å². The normalized spacial score (nSPS) is 20.4. The van der Waals surface area contributed by atoms with E-state index in [4.69, 9.17) is 10.2 Å². The van der Waals surface area contributed by atoms with Crippen molar-refractivity contribution >= 4 is 16.9 Å². The van der Waals surface area contributed by atoms with Gasteiger partial charge >= 0.3 is 0 Å². The summed E-state index contributed by atoms with van der Waals surface area (Å²) < 4.78 is 5.79. The molecule has 1 aromatic carbocycles. The Morgan fingerprint density at radius 2 is 2.05 bits per heavy atom. The van der Waals surface area contributed by atoms with E-state index in [0.29, 0.717) is 11.7 Å². The quantitative estimate of drug-likeness (QED) is 0.926. The molecule has 2 unspecified atom stereocenters. The maximum Gasteiger partial charge on any atom is 0.289 e. The van der Waals surface area contributed by atoms with Gasteiger partial charge in [0.05, 0.1) is 0 Å². The van der Waals surface area contributed by atoms with E-state index in [9.17, 15) is 4.79 Å². The number of benzene rings is 1. The lowest BCUT2D eigenvalue weighted by molar-refractivity contribution is 0.0631. The van der Waals surface area contributed by atoms with Gasteiger partial charge in [0, 0.05) is 24.5 Å².